The average Bonchev–Trinajstić information content (AvgIpc) is 2.45. The Bertz CT molecular complexity index is 449. The largest absolute Gasteiger partial charge is 0.497 e. The monoisotopic (exact) mass is 280 g/mol. The number of amides is 2. The van der Waals surface area contributed by atoms with E-state index in [9.17, 15) is 9.59 Å². The molecule has 1 rings (SSSR count). The van der Waals surface area contributed by atoms with Crippen molar-refractivity contribution in [2.75, 3.05) is 20.3 Å². The average molecular weight is 280 g/mol. The van der Waals surface area contributed by atoms with E-state index < -0.39 is 0 Å². The number of methoxy groups -OCH3 is 1. The van der Waals surface area contributed by atoms with E-state index in [0.29, 0.717) is 13.2 Å². The molecule has 0 bridgehead atoms. The van der Waals surface area contributed by atoms with Crippen LogP contribution in [-0.4, -0.2) is 32.3 Å². The zero-order valence-corrected chi connectivity index (χ0v) is 11.8. The van der Waals surface area contributed by atoms with Gasteiger partial charge in [0.2, 0.25) is 0 Å². The molecule has 0 saturated carbocycles. The second-order valence-corrected chi connectivity index (χ2v) is 4.02. The number of benzene rings is 1. The molecule has 20 heavy (non-hydrogen) atoms. The molecule has 0 heterocycles. The Morgan fingerprint density at radius 1 is 1.25 bits per heavy atom. The number of carbonyl (C=O) groups excluding carboxylic acids is 2. The van der Waals surface area contributed by atoms with Gasteiger partial charge in [0.25, 0.3) is 0 Å². The standard InChI is InChI=1S/C14H20N2O4/c1-3-20-13(17)7-8-15-14(18)16-10-11-5-4-6-12(9-11)19-2/h4-6,9H,3,7-8,10H2,1-2H3,(H2,15,16,18). The number of urea groups is 1. The van der Waals surface area contributed by atoms with E-state index in [2.05, 4.69) is 10.6 Å². The minimum atomic E-state index is -0.322. The molecule has 0 saturated heterocycles. The number of hydrogen-bond acceptors (Lipinski definition) is 4. The molecule has 0 aliphatic rings. The van der Waals surface area contributed by atoms with Crippen LogP contribution in [0.2, 0.25) is 0 Å². The highest BCUT2D eigenvalue weighted by Gasteiger charge is 2.04. The number of esters is 1. The van der Waals surface area contributed by atoms with Gasteiger partial charge < -0.3 is 20.1 Å². The Hall–Kier alpha value is -2.24. The minimum Gasteiger partial charge on any atom is -0.497 e. The lowest BCUT2D eigenvalue weighted by Crippen LogP contribution is -2.36. The number of rotatable bonds is 7. The van der Waals surface area contributed by atoms with Crippen LogP contribution in [0.3, 0.4) is 0 Å². The lowest BCUT2D eigenvalue weighted by Gasteiger charge is -2.08. The molecule has 1 aromatic rings. The molecule has 0 unspecified atom stereocenters. The summed E-state index contributed by atoms with van der Waals surface area (Å²) in [6.45, 7) is 2.73. The van der Waals surface area contributed by atoms with Crippen molar-refractivity contribution in [3.63, 3.8) is 0 Å². The van der Waals surface area contributed by atoms with Crippen LogP contribution in [0, 0.1) is 0 Å². The Morgan fingerprint density at radius 3 is 2.75 bits per heavy atom. The van der Waals surface area contributed by atoms with E-state index >= 15 is 0 Å². The van der Waals surface area contributed by atoms with Gasteiger partial charge in [0.1, 0.15) is 5.75 Å². The van der Waals surface area contributed by atoms with Crippen molar-refractivity contribution in [2.45, 2.75) is 19.9 Å². The Labute approximate surface area is 118 Å². The van der Waals surface area contributed by atoms with Gasteiger partial charge in [0.15, 0.2) is 0 Å². The van der Waals surface area contributed by atoms with Crippen LogP contribution in [0.1, 0.15) is 18.9 Å². The minimum absolute atomic E-state index is 0.167. The summed E-state index contributed by atoms with van der Waals surface area (Å²) in [5.74, 6) is 0.424. The van der Waals surface area contributed by atoms with E-state index in [1.165, 1.54) is 0 Å². The van der Waals surface area contributed by atoms with Crippen LogP contribution >= 0.6 is 0 Å². The van der Waals surface area contributed by atoms with Crippen molar-refractivity contribution in [2.24, 2.45) is 0 Å². The van der Waals surface area contributed by atoms with Crippen molar-refractivity contribution < 1.29 is 19.1 Å². The number of ether oxygens (including phenoxy) is 2. The van der Waals surface area contributed by atoms with E-state index in [4.69, 9.17) is 9.47 Å². The van der Waals surface area contributed by atoms with E-state index in [-0.39, 0.29) is 25.0 Å². The van der Waals surface area contributed by atoms with Gasteiger partial charge in [-0.25, -0.2) is 4.79 Å². The Balaban J connectivity index is 2.24. The van der Waals surface area contributed by atoms with Crippen molar-refractivity contribution in [3.8, 4) is 5.75 Å². The maximum atomic E-state index is 11.5. The molecule has 1 aromatic carbocycles. The fourth-order valence-electron chi connectivity index (χ4n) is 1.54. The Morgan fingerprint density at radius 2 is 2.05 bits per heavy atom. The molecular weight excluding hydrogens is 260 g/mol. The van der Waals surface area contributed by atoms with E-state index in [1.807, 2.05) is 24.3 Å². The maximum absolute atomic E-state index is 11.5. The van der Waals surface area contributed by atoms with Crippen LogP contribution in [0.4, 0.5) is 4.79 Å². The smallest absolute Gasteiger partial charge is 0.315 e. The first kappa shape index (κ1) is 15.8. The molecule has 2 amide bonds. The summed E-state index contributed by atoms with van der Waals surface area (Å²) in [5.41, 5.74) is 0.935. The van der Waals surface area contributed by atoms with Gasteiger partial charge in [0.05, 0.1) is 20.1 Å². The van der Waals surface area contributed by atoms with Gasteiger partial charge >= 0.3 is 12.0 Å². The quantitative estimate of drug-likeness (QED) is 0.741. The second kappa shape index (κ2) is 8.79. The van der Waals surface area contributed by atoms with Gasteiger partial charge in [-0.1, -0.05) is 12.1 Å². The summed E-state index contributed by atoms with van der Waals surface area (Å²) in [4.78, 5) is 22.6. The van der Waals surface area contributed by atoms with Crippen molar-refractivity contribution in [3.05, 3.63) is 29.8 Å². The third-order valence-electron chi connectivity index (χ3n) is 2.51. The molecule has 0 radical (unpaired) electrons. The van der Waals surface area contributed by atoms with Crippen molar-refractivity contribution in [1.29, 1.82) is 0 Å². The predicted molar refractivity (Wildman–Crippen MR) is 74.5 cm³/mol. The second-order valence-electron chi connectivity index (χ2n) is 4.02. The van der Waals surface area contributed by atoms with Gasteiger partial charge in [-0.2, -0.15) is 0 Å². The lowest BCUT2D eigenvalue weighted by molar-refractivity contribution is -0.142. The molecule has 0 aromatic heterocycles. The van der Waals surface area contributed by atoms with Crippen molar-refractivity contribution in [1.82, 2.24) is 10.6 Å². The molecule has 2 N–H and O–H groups in total. The van der Waals surface area contributed by atoms with Gasteiger partial charge in [0, 0.05) is 13.1 Å². The lowest BCUT2D eigenvalue weighted by atomic mass is 10.2. The highest BCUT2D eigenvalue weighted by Crippen LogP contribution is 2.11. The fraction of sp³-hybridized carbons (Fsp3) is 0.429. The normalized spacial score (nSPS) is 9.70. The third-order valence-corrected chi connectivity index (χ3v) is 2.51. The maximum Gasteiger partial charge on any atom is 0.315 e. The molecule has 6 heteroatoms. The number of nitrogens with one attached hydrogen (secondary N) is 2. The summed E-state index contributed by atoms with van der Waals surface area (Å²) in [6, 6.07) is 7.11. The van der Waals surface area contributed by atoms with E-state index in [1.54, 1.807) is 14.0 Å². The summed E-state index contributed by atoms with van der Waals surface area (Å²) in [6.07, 6.45) is 0.167. The molecule has 0 fully saturated rings. The first-order valence-corrected chi connectivity index (χ1v) is 6.46. The molecule has 0 aliphatic carbocycles. The summed E-state index contributed by atoms with van der Waals surface area (Å²) < 4.78 is 9.85. The molecule has 0 atom stereocenters. The van der Waals surface area contributed by atoms with Crippen LogP contribution in [0.25, 0.3) is 0 Å². The molecular formula is C14H20N2O4. The Kier molecular flexibility index (Phi) is 6.95. The highest BCUT2D eigenvalue weighted by atomic mass is 16.5. The van der Waals surface area contributed by atoms with E-state index in [0.717, 1.165) is 11.3 Å². The van der Waals surface area contributed by atoms with Crippen LogP contribution in [-0.2, 0) is 16.1 Å². The highest BCUT2D eigenvalue weighted by molar-refractivity contribution is 5.75. The molecule has 6 nitrogen and oxygen atoms in total. The van der Waals surface area contributed by atoms with Crippen LogP contribution < -0.4 is 15.4 Å². The SMILES string of the molecule is CCOC(=O)CCNC(=O)NCc1cccc(OC)c1. The predicted octanol–water partition coefficient (Wildman–Crippen LogP) is 1.45. The number of carbonyl (C=O) groups is 2. The third kappa shape index (κ3) is 6.08. The first-order valence-electron chi connectivity index (χ1n) is 6.46. The van der Waals surface area contributed by atoms with Gasteiger partial charge in [-0.3, -0.25) is 4.79 Å². The van der Waals surface area contributed by atoms with Crippen molar-refractivity contribution >= 4 is 12.0 Å². The first-order chi connectivity index (χ1) is 9.65. The fourth-order valence-corrected chi connectivity index (χ4v) is 1.54. The van der Waals surface area contributed by atoms with Gasteiger partial charge in [-0.05, 0) is 24.6 Å². The van der Waals surface area contributed by atoms with Crippen LogP contribution in [0.5, 0.6) is 5.75 Å². The topological polar surface area (TPSA) is 76.7 Å². The van der Waals surface area contributed by atoms with Gasteiger partial charge in [-0.15, -0.1) is 0 Å². The summed E-state index contributed by atoms with van der Waals surface area (Å²) >= 11 is 0. The van der Waals surface area contributed by atoms with Crippen LogP contribution in [0.15, 0.2) is 24.3 Å². The zero-order valence-electron chi connectivity index (χ0n) is 11.8. The molecule has 0 aliphatic heterocycles. The number of hydrogen-bond donors (Lipinski definition) is 2. The summed E-state index contributed by atoms with van der Waals surface area (Å²) in [5, 5.41) is 5.29. The molecule has 0 spiro atoms. The summed E-state index contributed by atoms with van der Waals surface area (Å²) in [7, 11) is 1.59. The molecule has 110 valence electrons. The zero-order chi connectivity index (χ0) is 14.8.